The highest BCUT2D eigenvalue weighted by Gasteiger charge is 2.14. The Morgan fingerprint density at radius 3 is 1.97 bits per heavy atom. The Morgan fingerprint density at radius 1 is 0.839 bits per heavy atom. The number of alkyl halides is 1. The fourth-order valence-electron chi connectivity index (χ4n) is 3.28. The van der Waals surface area contributed by atoms with Crippen LogP contribution in [0.5, 0.6) is 11.5 Å². The third kappa shape index (κ3) is 7.16. The summed E-state index contributed by atoms with van der Waals surface area (Å²) in [5, 5.41) is 12.8. The number of hydrogen-bond donors (Lipinski definition) is 2. The van der Waals surface area contributed by atoms with Crippen LogP contribution in [0.1, 0.15) is 37.0 Å². The molecule has 0 saturated carbocycles. The molecule has 0 bridgehead atoms. The van der Waals surface area contributed by atoms with Crippen molar-refractivity contribution in [2.45, 2.75) is 20.3 Å². The van der Waals surface area contributed by atoms with Gasteiger partial charge in [0.2, 0.25) is 0 Å². The Bertz CT molecular complexity index is 920. The van der Waals surface area contributed by atoms with E-state index < -0.39 is 0 Å². The van der Waals surface area contributed by atoms with E-state index >= 15 is 0 Å². The number of phenolic OH excluding ortho intramolecular Hbond substituents is 1. The summed E-state index contributed by atoms with van der Waals surface area (Å²) in [6.45, 7) is 5.42. The van der Waals surface area contributed by atoms with Gasteiger partial charge in [-0.25, -0.2) is 0 Å². The van der Waals surface area contributed by atoms with Gasteiger partial charge < -0.3 is 15.2 Å². The van der Waals surface area contributed by atoms with Crippen molar-refractivity contribution in [2.24, 2.45) is 0 Å². The van der Waals surface area contributed by atoms with Gasteiger partial charge in [0.15, 0.2) is 0 Å². The SMILES string of the molecule is CC.CNCCOc1ccc(/C(=C(/CCCl)c2ccccc2)c2ccc(O)cc2)cc1. The standard InChI is InChI=1S/C25H26ClNO2.C2H6/c1-27-17-18-29-23-13-9-21(10-14-23)25(20-7-11-22(28)12-8-20)24(15-16-26)19-5-3-2-4-6-19;1-2/h2-14,27-28H,15-18H2,1H3;1-2H3/b25-24-;. The van der Waals surface area contributed by atoms with Gasteiger partial charge in [-0.15, -0.1) is 11.6 Å². The van der Waals surface area contributed by atoms with Gasteiger partial charge in [-0.1, -0.05) is 68.4 Å². The molecule has 164 valence electrons. The number of hydrogen-bond acceptors (Lipinski definition) is 3. The van der Waals surface area contributed by atoms with Gasteiger partial charge in [-0.05, 0) is 65.6 Å². The topological polar surface area (TPSA) is 41.5 Å². The Morgan fingerprint density at radius 2 is 1.42 bits per heavy atom. The highest BCUT2D eigenvalue weighted by Crippen LogP contribution is 2.35. The number of phenols is 1. The zero-order valence-corrected chi connectivity index (χ0v) is 19.3. The Labute approximate surface area is 191 Å². The summed E-state index contributed by atoms with van der Waals surface area (Å²) < 4.78 is 5.76. The van der Waals surface area contributed by atoms with Crippen molar-refractivity contribution in [3.05, 3.63) is 95.6 Å². The summed E-state index contributed by atoms with van der Waals surface area (Å²) in [5.74, 6) is 1.62. The lowest BCUT2D eigenvalue weighted by Crippen LogP contribution is -2.15. The summed E-state index contributed by atoms with van der Waals surface area (Å²) in [4.78, 5) is 0. The van der Waals surface area contributed by atoms with Gasteiger partial charge >= 0.3 is 0 Å². The number of halogens is 1. The molecule has 0 spiro atoms. The van der Waals surface area contributed by atoms with Crippen molar-refractivity contribution < 1.29 is 9.84 Å². The number of likely N-dealkylation sites (N-methyl/N-ethyl adjacent to an activating group) is 1. The maximum Gasteiger partial charge on any atom is 0.119 e. The van der Waals surface area contributed by atoms with Crippen LogP contribution in [-0.4, -0.2) is 31.2 Å². The molecule has 31 heavy (non-hydrogen) atoms. The molecule has 0 aromatic heterocycles. The van der Waals surface area contributed by atoms with Crippen molar-refractivity contribution in [2.75, 3.05) is 26.1 Å². The van der Waals surface area contributed by atoms with Gasteiger partial charge in [-0.2, -0.15) is 0 Å². The molecule has 3 aromatic carbocycles. The van der Waals surface area contributed by atoms with Gasteiger partial charge in [0.1, 0.15) is 18.1 Å². The average Bonchev–Trinajstić information content (AvgIpc) is 2.83. The van der Waals surface area contributed by atoms with Gasteiger partial charge in [0.05, 0.1) is 0 Å². The number of rotatable bonds is 9. The van der Waals surface area contributed by atoms with Crippen molar-refractivity contribution in [1.82, 2.24) is 5.32 Å². The van der Waals surface area contributed by atoms with Crippen LogP contribution in [-0.2, 0) is 0 Å². The van der Waals surface area contributed by atoms with E-state index in [2.05, 4.69) is 29.6 Å². The minimum Gasteiger partial charge on any atom is -0.508 e. The molecular formula is C27H32ClNO2. The first-order valence-electron chi connectivity index (χ1n) is 10.7. The molecule has 0 radical (unpaired) electrons. The van der Waals surface area contributed by atoms with E-state index in [4.69, 9.17) is 16.3 Å². The molecule has 0 heterocycles. The molecule has 0 atom stereocenters. The van der Waals surface area contributed by atoms with Crippen molar-refractivity contribution in [1.29, 1.82) is 0 Å². The molecule has 0 unspecified atom stereocenters. The Kier molecular flexibility index (Phi) is 10.7. The molecule has 0 aliphatic rings. The number of allylic oxidation sites excluding steroid dienone is 1. The van der Waals surface area contributed by atoms with Gasteiger partial charge in [-0.3, -0.25) is 0 Å². The number of aromatic hydroxyl groups is 1. The van der Waals surface area contributed by atoms with Crippen LogP contribution in [0, 0.1) is 0 Å². The zero-order chi connectivity index (χ0) is 22.5. The lowest BCUT2D eigenvalue weighted by atomic mass is 9.88. The first-order chi connectivity index (χ1) is 15.2. The van der Waals surface area contributed by atoms with Crippen LogP contribution in [0.4, 0.5) is 0 Å². The quantitative estimate of drug-likeness (QED) is 0.225. The van der Waals surface area contributed by atoms with Crippen LogP contribution >= 0.6 is 11.6 Å². The van der Waals surface area contributed by atoms with Crippen molar-refractivity contribution >= 4 is 22.7 Å². The first-order valence-corrected chi connectivity index (χ1v) is 11.3. The highest BCUT2D eigenvalue weighted by molar-refractivity contribution is 6.18. The predicted molar refractivity (Wildman–Crippen MR) is 133 cm³/mol. The lowest BCUT2D eigenvalue weighted by molar-refractivity contribution is 0.318. The molecule has 0 aliphatic carbocycles. The third-order valence-corrected chi connectivity index (χ3v) is 4.88. The minimum absolute atomic E-state index is 0.250. The number of ether oxygens (including phenoxy) is 1. The summed E-state index contributed by atoms with van der Waals surface area (Å²) in [6.07, 6.45) is 0.738. The zero-order valence-electron chi connectivity index (χ0n) is 18.6. The van der Waals surface area contributed by atoms with Crippen molar-refractivity contribution in [3.8, 4) is 11.5 Å². The van der Waals surface area contributed by atoms with E-state index in [0.29, 0.717) is 12.5 Å². The van der Waals surface area contributed by atoms with Crippen LogP contribution in [0.25, 0.3) is 11.1 Å². The molecule has 0 aliphatic heterocycles. The first kappa shape index (κ1) is 24.5. The molecular weight excluding hydrogens is 406 g/mol. The average molecular weight is 438 g/mol. The second-order valence-electron chi connectivity index (χ2n) is 6.68. The monoisotopic (exact) mass is 437 g/mol. The number of benzene rings is 3. The van der Waals surface area contributed by atoms with E-state index in [1.54, 1.807) is 12.1 Å². The molecule has 0 amide bonds. The Balaban J connectivity index is 0.00000166. The molecule has 3 rings (SSSR count). The summed E-state index contributed by atoms with van der Waals surface area (Å²) in [7, 11) is 1.91. The van der Waals surface area contributed by atoms with Gasteiger partial charge in [0, 0.05) is 12.4 Å². The third-order valence-electron chi connectivity index (χ3n) is 4.69. The maximum absolute atomic E-state index is 9.75. The molecule has 3 nitrogen and oxygen atoms in total. The molecule has 4 heteroatoms. The summed E-state index contributed by atoms with van der Waals surface area (Å²) >= 11 is 6.19. The smallest absolute Gasteiger partial charge is 0.119 e. The largest absolute Gasteiger partial charge is 0.508 e. The second-order valence-corrected chi connectivity index (χ2v) is 7.06. The number of nitrogens with one attached hydrogen (secondary N) is 1. The van der Waals surface area contributed by atoms with Crippen molar-refractivity contribution in [3.63, 3.8) is 0 Å². The summed E-state index contributed by atoms with van der Waals surface area (Å²) in [5.41, 5.74) is 5.55. The van der Waals surface area contributed by atoms with Gasteiger partial charge in [0.25, 0.3) is 0 Å². The van der Waals surface area contributed by atoms with E-state index in [1.165, 1.54) is 5.57 Å². The fourth-order valence-corrected chi connectivity index (χ4v) is 3.47. The van der Waals surface area contributed by atoms with Crippen LogP contribution < -0.4 is 10.1 Å². The maximum atomic E-state index is 9.75. The minimum atomic E-state index is 0.250. The highest BCUT2D eigenvalue weighted by atomic mass is 35.5. The molecule has 2 N–H and O–H groups in total. The van der Waals surface area contributed by atoms with E-state index in [9.17, 15) is 5.11 Å². The van der Waals surface area contributed by atoms with Crippen LogP contribution in [0.3, 0.4) is 0 Å². The molecule has 0 fully saturated rings. The van der Waals surface area contributed by atoms with Crippen LogP contribution in [0.2, 0.25) is 0 Å². The van der Waals surface area contributed by atoms with E-state index in [1.807, 2.05) is 63.4 Å². The normalized spacial score (nSPS) is 11.2. The predicted octanol–water partition coefficient (Wildman–Crippen LogP) is 6.60. The molecule has 0 saturated heterocycles. The lowest BCUT2D eigenvalue weighted by Gasteiger charge is -2.17. The van der Waals surface area contributed by atoms with Crippen LogP contribution in [0.15, 0.2) is 78.9 Å². The second kappa shape index (κ2) is 13.5. The molecule has 3 aromatic rings. The summed E-state index contributed by atoms with van der Waals surface area (Å²) in [6, 6.07) is 25.8. The van der Waals surface area contributed by atoms with E-state index in [-0.39, 0.29) is 5.75 Å². The van der Waals surface area contributed by atoms with E-state index in [0.717, 1.165) is 41.0 Å². The Hall–Kier alpha value is -2.75. The fraction of sp³-hybridized carbons (Fsp3) is 0.259.